The molecule has 0 atom stereocenters. The number of nitrogens with one attached hydrogen (secondary N) is 2. The number of rotatable bonds is 5. The lowest BCUT2D eigenvalue weighted by Gasteiger charge is -2.19. The maximum Gasteiger partial charge on any atom is 0.418 e. The number of benzene rings is 1. The second-order valence-corrected chi connectivity index (χ2v) is 4.49. The summed E-state index contributed by atoms with van der Waals surface area (Å²) in [5, 5.41) is 4.07. The van der Waals surface area contributed by atoms with Crippen molar-refractivity contribution in [3.63, 3.8) is 0 Å². The Bertz CT molecular complexity index is 472. The average Bonchev–Trinajstić information content (AvgIpc) is 2.33. The first-order valence-corrected chi connectivity index (χ1v) is 6.19. The van der Waals surface area contributed by atoms with Crippen molar-refractivity contribution < 1.29 is 18.0 Å². The van der Waals surface area contributed by atoms with Gasteiger partial charge in [0, 0.05) is 20.6 Å². The Morgan fingerprint density at radius 1 is 1.30 bits per heavy atom. The third-order valence-electron chi connectivity index (χ3n) is 2.49. The summed E-state index contributed by atoms with van der Waals surface area (Å²) in [6, 6.07) is 3.56. The van der Waals surface area contributed by atoms with Crippen LogP contribution in [0.2, 0.25) is 0 Å². The van der Waals surface area contributed by atoms with Gasteiger partial charge in [-0.15, -0.1) is 0 Å². The summed E-state index contributed by atoms with van der Waals surface area (Å²) in [7, 11) is 3.18. The summed E-state index contributed by atoms with van der Waals surface area (Å²) >= 11 is 0. The van der Waals surface area contributed by atoms with E-state index in [1.807, 2.05) is 6.92 Å². The first-order valence-electron chi connectivity index (χ1n) is 6.19. The van der Waals surface area contributed by atoms with Gasteiger partial charge in [0.25, 0.3) is 5.91 Å². The number of carbonyl (C=O) groups is 1. The molecule has 0 bridgehead atoms. The van der Waals surface area contributed by atoms with Crippen LogP contribution in [-0.4, -0.2) is 31.6 Å². The minimum atomic E-state index is -4.51. The Balaban J connectivity index is 3.25. The van der Waals surface area contributed by atoms with Crippen molar-refractivity contribution in [1.29, 1.82) is 0 Å². The molecular formula is C13H18F3N3O. The molecule has 4 nitrogen and oxygen atoms in total. The third kappa shape index (κ3) is 4.12. The number of alkyl halides is 3. The number of hydrazine groups is 1. The fourth-order valence-electron chi connectivity index (χ4n) is 1.68. The Morgan fingerprint density at radius 2 is 1.95 bits per heavy atom. The van der Waals surface area contributed by atoms with E-state index in [-0.39, 0.29) is 11.3 Å². The predicted octanol–water partition coefficient (Wildman–Crippen LogP) is 2.73. The second kappa shape index (κ2) is 6.60. The predicted molar refractivity (Wildman–Crippen MR) is 71.4 cm³/mol. The number of hydrogen-bond acceptors (Lipinski definition) is 3. The first kappa shape index (κ1) is 16.3. The standard InChI is InChI=1S/C13H18F3N3O/c1-4-8-17-11-9(12(20)18-19(2)3)6-5-7-10(11)13(14,15)16/h5-7,17H,4,8H2,1-3H3,(H,18,20). The number of para-hydroxylation sites is 1. The molecule has 0 aliphatic rings. The fourth-order valence-corrected chi connectivity index (χ4v) is 1.68. The molecule has 20 heavy (non-hydrogen) atoms. The SMILES string of the molecule is CCCNc1c(C(=O)NN(C)C)cccc1C(F)(F)F. The van der Waals surface area contributed by atoms with Gasteiger partial charge < -0.3 is 5.32 Å². The topological polar surface area (TPSA) is 44.4 Å². The molecule has 0 spiro atoms. The number of halogens is 3. The first-order chi connectivity index (χ1) is 9.27. The van der Waals surface area contributed by atoms with Gasteiger partial charge in [-0.25, -0.2) is 5.01 Å². The monoisotopic (exact) mass is 289 g/mol. The second-order valence-electron chi connectivity index (χ2n) is 4.49. The van der Waals surface area contributed by atoms with Crippen LogP contribution in [0.4, 0.5) is 18.9 Å². The highest BCUT2D eigenvalue weighted by molar-refractivity contribution is 6.00. The third-order valence-corrected chi connectivity index (χ3v) is 2.49. The molecule has 0 aliphatic heterocycles. The summed E-state index contributed by atoms with van der Waals surface area (Å²) in [5.41, 5.74) is 1.40. The molecule has 2 N–H and O–H groups in total. The molecule has 1 rings (SSSR count). The molecule has 0 aliphatic carbocycles. The number of carbonyl (C=O) groups excluding carboxylic acids is 1. The van der Waals surface area contributed by atoms with Gasteiger partial charge >= 0.3 is 6.18 Å². The lowest BCUT2D eigenvalue weighted by Crippen LogP contribution is -2.36. The summed E-state index contributed by atoms with van der Waals surface area (Å²) < 4.78 is 39.0. The van der Waals surface area contributed by atoms with Crippen LogP contribution in [0.1, 0.15) is 29.3 Å². The molecule has 0 saturated heterocycles. The van der Waals surface area contributed by atoms with Crippen molar-refractivity contribution in [3.8, 4) is 0 Å². The van der Waals surface area contributed by atoms with E-state index in [2.05, 4.69) is 10.7 Å². The van der Waals surface area contributed by atoms with Gasteiger partial charge in [0.1, 0.15) is 0 Å². The smallest absolute Gasteiger partial charge is 0.384 e. The van der Waals surface area contributed by atoms with Crippen molar-refractivity contribution in [2.75, 3.05) is 26.0 Å². The van der Waals surface area contributed by atoms with Crippen LogP contribution in [0.5, 0.6) is 0 Å². The Morgan fingerprint density at radius 3 is 2.45 bits per heavy atom. The molecule has 0 fully saturated rings. The van der Waals surface area contributed by atoms with E-state index in [9.17, 15) is 18.0 Å². The Labute approximate surface area is 115 Å². The van der Waals surface area contributed by atoms with Crippen LogP contribution >= 0.6 is 0 Å². The number of nitrogens with zero attached hydrogens (tertiary/aromatic N) is 1. The zero-order valence-electron chi connectivity index (χ0n) is 11.6. The zero-order valence-corrected chi connectivity index (χ0v) is 11.6. The van der Waals surface area contributed by atoms with Gasteiger partial charge in [-0.05, 0) is 18.6 Å². The normalized spacial score (nSPS) is 11.6. The molecule has 1 amide bonds. The van der Waals surface area contributed by atoms with E-state index in [1.165, 1.54) is 17.1 Å². The fraction of sp³-hybridized carbons (Fsp3) is 0.462. The van der Waals surface area contributed by atoms with E-state index < -0.39 is 17.6 Å². The lowest BCUT2D eigenvalue weighted by molar-refractivity contribution is -0.137. The summed E-state index contributed by atoms with van der Waals surface area (Å²) in [5.74, 6) is -0.584. The van der Waals surface area contributed by atoms with E-state index in [4.69, 9.17) is 0 Å². The molecule has 112 valence electrons. The number of hydrogen-bond donors (Lipinski definition) is 2. The van der Waals surface area contributed by atoms with Crippen LogP contribution in [-0.2, 0) is 6.18 Å². The Kier molecular flexibility index (Phi) is 5.38. The Hall–Kier alpha value is -1.76. The van der Waals surface area contributed by atoms with E-state index in [1.54, 1.807) is 14.1 Å². The van der Waals surface area contributed by atoms with Crippen LogP contribution in [0.25, 0.3) is 0 Å². The number of anilines is 1. The van der Waals surface area contributed by atoms with Gasteiger partial charge in [-0.2, -0.15) is 13.2 Å². The maximum absolute atomic E-state index is 13.0. The molecule has 0 saturated carbocycles. The van der Waals surface area contributed by atoms with Crippen LogP contribution in [0.15, 0.2) is 18.2 Å². The maximum atomic E-state index is 13.0. The van der Waals surface area contributed by atoms with Gasteiger partial charge in [0.2, 0.25) is 0 Å². The number of amides is 1. The van der Waals surface area contributed by atoms with Crippen molar-refractivity contribution in [1.82, 2.24) is 10.4 Å². The molecule has 0 unspecified atom stereocenters. The van der Waals surface area contributed by atoms with Crippen molar-refractivity contribution in [2.45, 2.75) is 19.5 Å². The highest BCUT2D eigenvalue weighted by atomic mass is 19.4. The van der Waals surface area contributed by atoms with Crippen molar-refractivity contribution in [2.24, 2.45) is 0 Å². The molecule has 1 aromatic carbocycles. The van der Waals surface area contributed by atoms with Crippen LogP contribution in [0, 0.1) is 0 Å². The molecule has 1 aromatic rings. The molecule has 0 aromatic heterocycles. The average molecular weight is 289 g/mol. The highest BCUT2D eigenvalue weighted by Gasteiger charge is 2.35. The minimum Gasteiger partial charge on any atom is -0.384 e. The van der Waals surface area contributed by atoms with Crippen LogP contribution < -0.4 is 10.7 Å². The van der Waals surface area contributed by atoms with Crippen molar-refractivity contribution >= 4 is 11.6 Å². The van der Waals surface area contributed by atoms with E-state index in [0.717, 1.165) is 6.07 Å². The largest absolute Gasteiger partial charge is 0.418 e. The van der Waals surface area contributed by atoms with E-state index in [0.29, 0.717) is 13.0 Å². The van der Waals surface area contributed by atoms with Gasteiger partial charge in [-0.3, -0.25) is 10.2 Å². The van der Waals surface area contributed by atoms with Gasteiger partial charge in [0.15, 0.2) is 0 Å². The van der Waals surface area contributed by atoms with Gasteiger partial charge in [0.05, 0.1) is 16.8 Å². The van der Waals surface area contributed by atoms with E-state index >= 15 is 0 Å². The molecule has 0 heterocycles. The molecule has 0 radical (unpaired) electrons. The summed E-state index contributed by atoms with van der Waals surface area (Å²) in [4.78, 5) is 12.0. The quantitative estimate of drug-likeness (QED) is 0.819. The van der Waals surface area contributed by atoms with Gasteiger partial charge in [-0.1, -0.05) is 13.0 Å². The molecule has 7 heteroatoms. The highest BCUT2D eigenvalue weighted by Crippen LogP contribution is 2.36. The summed E-state index contributed by atoms with van der Waals surface area (Å²) in [6.45, 7) is 2.19. The lowest BCUT2D eigenvalue weighted by atomic mass is 10.1. The summed E-state index contributed by atoms with van der Waals surface area (Å²) in [6.07, 6.45) is -3.86. The zero-order chi connectivity index (χ0) is 15.3. The van der Waals surface area contributed by atoms with Crippen LogP contribution in [0.3, 0.4) is 0 Å². The van der Waals surface area contributed by atoms with Crippen molar-refractivity contribution in [3.05, 3.63) is 29.3 Å². The minimum absolute atomic E-state index is 0.0259. The molecular weight excluding hydrogens is 271 g/mol.